The first kappa shape index (κ1) is 19.3. The first-order valence-corrected chi connectivity index (χ1v) is 10.6. The fourth-order valence-corrected chi connectivity index (χ4v) is 4.48. The molecule has 2 heterocycles. The van der Waals surface area contributed by atoms with Crippen LogP contribution in [-0.2, 0) is 11.3 Å². The molecule has 1 aliphatic rings. The number of piperidine rings is 1. The predicted molar refractivity (Wildman–Crippen MR) is 116 cm³/mol. The van der Waals surface area contributed by atoms with E-state index in [1.54, 1.807) is 0 Å². The van der Waals surface area contributed by atoms with E-state index in [9.17, 15) is 9.59 Å². The molecule has 3 aromatic rings. The summed E-state index contributed by atoms with van der Waals surface area (Å²) >= 11 is 1.41. The smallest absolute Gasteiger partial charge is 0.263 e. The second kappa shape index (κ2) is 8.57. The minimum absolute atomic E-state index is 0.123. The molecule has 1 saturated heterocycles. The van der Waals surface area contributed by atoms with E-state index in [1.165, 1.54) is 11.3 Å². The van der Waals surface area contributed by atoms with Gasteiger partial charge in [-0.25, -0.2) is 4.98 Å². The maximum atomic E-state index is 12.7. The summed E-state index contributed by atoms with van der Waals surface area (Å²) in [6.45, 7) is 3.03. The minimum atomic E-state index is -0.123. The number of nitrogens with zero attached hydrogens (tertiary/aromatic N) is 2. The molecule has 1 N–H and O–H groups in total. The molecule has 0 aliphatic carbocycles. The van der Waals surface area contributed by atoms with Gasteiger partial charge in [0.1, 0.15) is 9.88 Å². The summed E-state index contributed by atoms with van der Waals surface area (Å²) in [4.78, 5) is 31.9. The topological polar surface area (TPSA) is 62.3 Å². The molecule has 5 nitrogen and oxygen atoms in total. The van der Waals surface area contributed by atoms with E-state index >= 15 is 0 Å². The van der Waals surface area contributed by atoms with Gasteiger partial charge in [-0.1, -0.05) is 42.5 Å². The van der Waals surface area contributed by atoms with E-state index < -0.39 is 0 Å². The number of aromatic nitrogens is 1. The zero-order valence-electron chi connectivity index (χ0n) is 16.4. The van der Waals surface area contributed by atoms with Gasteiger partial charge in [0.05, 0.1) is 5.69 Å². The van der Waals surface area contributed by atoms with E-state index in [4.69, 9.17) is 0 Å². The molecule has 0 radical (unpaired) electrons. The van der Waals surface area contributed by atoms with E-state index in [2.05, 4.69) is 10.3 Å². The van der Waals surface area contributed by atoms with Crippen LogP contribution in [0.25, 0.3) is 10.6 Å². The number of anilines is 1. The number of hydrogen-bond acceptors (Lipinski definition) is 4. The summed E-state index contributed by atoms with van der Waals surface area (Å²) in [6.07, 6.45) is 2.60. The maximum absolute atomic E-state index is 12.7. The van der Waals surface area contributed by atoms with Gasteiger partial charge in [-0.15, -0.1) is 11.3 Å². The number of benzene rings is 2. The molecule has 0 unspecified atom stereocenters. The Labute approximate surface area is 174 Å². The minimum Gasteiger partial charge on any atom is -0.347 e. The number of thiazole rings is 1. The van der Waals surface area contributed by atoms with Crippen molar-refractivity contribution in [2.24, 2.45) is 0 Å². The standard InChI is InChI=1S/C23H23N3O2S/c1-16-21(29-23(25-16)18-9-3-2-4-10-18)22(28)24-15-17-8-7-11-19(14-17)26-13-6-5-12-20(26)27/h2-4,7-11,14H,5-6,12-13,15H2,1H3,(H,24,28). The fraction of sp³-hybridized carbons (Fsp3) is 0.261. The lowest BCUT2D eigenvalue weighted by molar-refractivity contribution is -0.119. The van der Waals surface area contributed by atoms with Crippen LogP contribution in [-0.4, -0.2) is 23.3 Å². The van der Waals surface area contributed by atoms with Gasteiger partial charge in [0, 0.05) is 30.8 Å². The summed E-state index contributed by atoms with van der Waals surface area (Å²) in [7, 11) is 0. The number of rotatable bonds is 5. The molecule has 1 fully saturated rings. The molecule has 0 bridgehead atoms. The highest BCUT2D eigenvalue weighted by atomic mass is 32.1. The Morgan fingerprint density at radius 3 is 2.76 bits per heavy atom. The summed E-state index contributed by atoms with van der Waals surface area (Å²) in [5.74, 6) is 0.0489. The van der Waals surface area contributed by atoms with E-state index in [0.29, 0.717) is 17.8 Å². The number of carbonyl (C=O) groups is 2. The average molecular weight is 406 g/mol. The Morgan fingerprint density at radius 2 is 1.97 bits per heavy atom. The van der Waals surface area contributed by atoms with Gasteiger partial charge in [0.15, 0.2) is 0 Å². The summed E-state index contributed by atoms with van der Waals surface area (Å²) < 4.78 is 0. The highest BCUT2D eigenvalue weighted by molar-refractivity contribution is 7.17. The van der Waals surface area contributed by atoms with E-state index in [0.717, 1.165) is 46.9 Å². The van der Waals surface area contributed by atoms with Gasteiger partial charge < -0.3 is 10.2 Å². The van der Waals surface area contributed by atoms with Crippen LogP contribution in [0.2, 0.25) is 0 Å². The number of amides is 2. The molecule has 0 atom stereocenters. The second-order valence-electron chi connectivity index (χ2n) is 7.15. The van der Waals surface area contributed by atoms with Crippen molar-refractivity contribution in [1.29, 1.82) is 0 Å². The number of carbonyl (C=O) groups excluding carboxylic acids is 2. The van der Waals surface area contributed by atoms with Crippen LogP contribution in [0.5, 0.6) is 0 Å². The van der Waals surface area contributed by atoms with Crippen molar-refractivity contribution in [3.05, 3.63) is 70.7 Å². The van der Waals surface area contributed by atoms with Crippen LogP contribution in [0.4, 0.5) is 5.69 Å². The molecule has 2 aromatic carbocycles. The Hall–Kier alpha value is -2.99. The molecule has 6 heteroatoms. The van der Waals surface area contributed by atoms with E-state index in [-0.39, 0.29) is 11.8 Å². The molecule has 0 spiro atoms. The van der Waals surface area contributed by atoms with Crippen molar-refractivity contribution < 1.29 is 9.59 Å². The number of aryl methyl sites for hydroxylation is 1. The van der Waals surface area contributed by atoms with Gasteiger partial charge in [-0.2, -0.15) is 0 Å². The molecular weight excluding hydrogens is 382 g/mol. The zero-order valence-corrected chi connectivity index (χ0v) is 17.2. The SMILES string of the molecule is Cc1nc(-c2ccccc2)sc1C(=O)NCc1cccc(N2CCCCC2=O)c1. The zero-order chi connectivity index (χ0) is 20.2. The van der Waals surface area contributed by atoms with Crippen LogP contribution >= 0.6 is 11.3 Å². The largest absolute Gasteiger partial charge is 0.347 e. The second-order valence-corrected chi connectivity index (χ2v) is 8.15. The van der Waals surface area contributed by atoms with Crippen LogP contribution in [0.3, 0.4) is 0 Å². The van der Waals surface area contributed by atoms with Crippen molar-refractivity contribution in [2.75, 3.05) is 11.4 Å². The molecule has 148 valence electrons. The van der Waals surface area contributed by atoms with E-state index in [1.807, 2.05) is 66.4 Å². The quantitative estimate of drug-likeness (QED) is 0.677. The predicted octanol–water partition coefficient (Wildman–Crippen LogP) is 4.57. The van der Waals surface area contributed by atoms with Gasteiger partial charge in [0.2, 0.25) is 5.91 Å². The van der Waals surface area contributed by atoms with Crippen molar-refractivity contribution in [2.45, 2.75) is 32.7 Å². The Kier molecular flexibility index (Phi) is 5.71. The summed E-state index contributed by atoms with van der Waals surface area (Å²) in [5.41, 5.74) is 3.62. The van der Waals surface area contributed by atoms with Gasteiger partial charge in [-0.3, -0.25) is 9.59 Å². The van der Waals surface area contributed by atoms with Crippen molar-refractivity contribution in [3.8, 4) is 10.6 Å². The van der Waals surface area contributed by atoms with Crippen LogP contribution in [0.1, 0.15) is 40.2 Å². The maximum Gasteiger partial charge on any atom is 0.263 e. The summed E-state index contributed by atoms with van der Waals surface area (Å²) in [5, 5.41) is 3.84. The molecule has 0 saturated carbocycles. The molecule has 29 heavy (non-hydrogen) atoms. The number of hydrogen-bond donors (Lipinski definition) is 1. The molecule has 1 aliphatic heterocycles. The monoisotopic (exact) mass is 405 g/mol. The molecule has 1 aromatic heterocycles. The van der Waals surface area contributed by atoms with Crippen molar-refractivity contribution in [1.82, 2.24) is 10.3 Å². The Morgan fingerprint density at radius 1 is 1.14 bits per heavy atom. The third kappa shape index (κ3) is 4.38. The highest BCUT2D eigenvalue weighted by Gasteiger charge is 2.20. The molecular formula is C23H23N3O2S. The third-order valence-corrected chi connectivity index (χ3v) is 6.23. The molecule has 4 rings (SSSR count). The first-order chi connectivity index (χ1) is 14.1. The third-order valence-electron chi connectivity index (χ3n) is 5.02. The Balaban J connectivity index is 1.44. The van der Waals surface area contributed by atoms with Crippen LogP contribution < -0.4 is 10.2 Å². The molecule has 2 amide bonds. The van der Waals surface area contributed by atoms with Crippen molar-refractivity contribution >= 4 is 28.8 Å². The number of nitrogens with one attached hydrogen (secondary N) is 1. The fourth-order valence-electron chi connectivity index (χ4n) is 3.49. The summed E-state index contributed by atoms with van der Waals surface area (Å²) in [6, 6.07) is 17.7. The lowest BCUT2D eigenvalue weighted by Gasteiger charge is -2.27. The van der Waals surface area contributed by atoms with Gasteiger partial charge in [0.25, 0.3) is 5.91 Å². The van der Waals surface area contributed by atoms with Gasteiger partial charge in [-0.05, 0) is 37.5 Å². The lowest BCUT2D eigenvalue weighted by atomic mass is 10.1. The van der Waals surface area contributed by atoms with Crippen molar-refractivity contribution in [3.63, 3.8) is 0 Å². The normalized spacial score (nSPS) is 14.1. The lowest BCUT2D eigenvalue weighted by Crippen LogP contribution is -2.35. The average Bonchev–Trinajstić information content (AvgIpc) is 3.15. The highest BCUT2D eigenvalue weighted by Crippen LogP contribution is 2.28. The first-order valence-electron chi connectivity index (χ1n) is 9.82. The van der Waals surface area contributed by atoms with Gasteiger partial charge >= 0.3 is 0 Å². The Bertz CT molecular complexity index is 1030. The van der Waals surface area contributed by atoms with Crippen LogP contribution in [0.15, 0.2) is 54.6 Å². The van der Waals surface area contributed by atoms with Crippen LogP contribution in [0, 0.1) is 6.92 Å².